The van der Waals surface area contributed by atoms with Crippen molar-refractivity contribution >= 4 is 51.3 Å². The minimum Gasteiger partial charge on any atom is -0.370 e. The summed E-state index contributed by atoms with van der Waals surface area (Å²) in [6.45, 7) is 7.66. The highest BCUT2D eigenvalue weighted by Crippen LogP contribution is 2.43. The molecule has 4 heterocycles. The minimum atomic E-state index is -0.273. The third-order valence-electron chi connectivity index (χ3n) is 8.92. The van der Waals surface area contributed by atoms with Gasteiger partial charge in [-0.3, -0.25) is 18.8 Å². The SMILES string of the molecule is C=S(c1cccc(CN2CC3(C2)CN(c2ccc4c(N(CCC=O)C(=O)NC)nn(C)c4c2)C3)c1)N1CCC(N)CC1. The second kappa shape index (κ2) is 11.8. The fourth-order valence-electron chi connectivity index (χ4n) is 6.70. The van der Waals surface area contributed by atoms with Crippen LogP contribution in [0.25, 0.3) is 10.9 Å². The quantitative estimate of drug-likeness (QED) is 0.292. The lowest BCUT2D eigenvalue weighted by atomic mass is 9.72. The normalized spacial score (nSPS) is 19.8. The van der Waals surface area contributed by atoms with Crippen LogP contribution in [0.2, 0.25) is 0 Å². The molecule has 2 aromatic carbocycles. The van der Waals surface area contributed by atoms with Crippen LogP contribution >= 0.6 is 10.7 Å². The maximum atomic E-state index is 12.5. The number of carbonyl (C=O) groups excluding carboxylic acids is 2. The summed E-state index contributed by atoms with van der Waals surface area (Å²) in [5.41, 5.74) is 9.97. The number of urea groups is 1. The number of aldehydes is 1. The van der Waals surface area contributed by atoms with Crippen molar-refractivity contribution in [3.05, 3.63) is 48.0 Å². The summed E-state index contributed by atoms with van der Waals surface area (Å²) in [6.07, 6.45) is 3.19. The summed E-state index contributed by atoms with van der Waals surface area (Å²) in [5, 5.41) is 8.20. The number of benzene rings is 2. The van der Waals surface area contributed by atoms with Gasteiger partial charge in [0.1, 0.15) is 6.29 Å². The van der Waals surface area contributed by atoms with E-state index in [2.05, 4.69) is 66.8 Å². The Bertz CT molecular complexity index is 1480. The minimum absolute atomic E-state index is 0.133. The van der Waals surface area contributed by atoms with E-state index >= 15 is 0 Å². The number of anilines is 2. The van der Waals surface area contributed by atoms with Crippen molar-refractivity contribution in [1.29, 1.82) is 0 Å². The Hall–Kier alpha value is -3.25. The number of piperidine rings is 1. The summed E-state index contributed by atoms with van der Waals surface area (Å²) in [7, 11) is 3.35. The molecule has 1 spiro atoms. The molecule has 3 aliphatic heterocycles. The number of hydrogen-bond acceptors (Lipinski definition) is 7. The van der Waals surface area contributed by atoms with Crippen molar-refractivity contribution in [3.63, 3.8) is 0 Å². The first-order valence-electron chi connectivity index (χ1n) is 14.8. The van der Waals surface area contributed by atoms with E-state index in [-0.39, 0.29) is 29.7 Å². The van der Waals surface area contributed by atoms with Crippen molar-refractivity contribution in [2.24, 2.45) is 18.2 Å². The van der Waals surface area contributed by atoms with E-state index in [1.807, 2.05) is 17.8 Å². The van der Waals surface area contributed by atoms with Crippen molar-refractivity contribution in [1.82, 2.24) is 24.3 Å². The zero-order valence-corrected chi connectivity index (χ0v) is 25.5. The molecule has 11 heteroatoms. The Morgan fingerprint density at radius 2 is 1.95 bits per heavy atom. The monoisotopic (exact) mass is 590 g/mol. The summed E-state index contributed by atoms with van der Waals surface area (Å²) < 4.78 is 4.30. The van der Waals surface area contributed by atoms with E-state index in [4.69, 9.17) is 5.73 Å². The Labute approximate surface area is 250 Å². The van der Waals surface area contributed by atoms with Gasteiger partial charge in [-0.1, -0.05) is 28.7 Å². The number of rotatable bonds is 9. The van der Waals surface area contributed by atoms with E-state index in [1.165, 1.54) is 21.0 Å². The van der Waals surface area contributed by atoms with Crippen LogP contribution in [-0.4, -0.2) is 96.1 Å². The van der Waals surface area contributed by atoms with Crippen LogP contribution in [0, 0.1) is 5.41 Å². The maximum absolute atomic E-state index is 12.5. The van der Waals surface area contributed by atoms with Crippen molar-refractivity contribution in [2.45, 2.75) is 36.7 Å². The number of nitrogens with one attached hydrogen (secondary N) is 1. The molecule has 3 saturated heterocycles. The number of nitrogens with two attached hydrogens (primary N) is 1. The Morgan fingerprint density at radius 1 is 1.19 bits per heavy atom. The number of likely N-dealkylation sites (tertiary alicyclic amines) is 1. The van der Waals surface area contributed by atoms with Gasteiger partial charge in [0.05, 0.1) is 5.52 Å². The summed E-state index contributed by atoms with van der Waals surface area (Å²) in [5.74, 6) is 5.08. The van der Waals surface area contributed by atoms with Gasteiger partial charge in [0.15, 0.2) is 5.82 Å². The van der Waals surface area contributed by atoms with Gasteiger partial charge < -0.3 is 20.7 Å². The molecule has 1 unspecified atom stereocenters. The highest BCUT2D eigenvalue weighted by atomic mass is 32.2. The van der Waals surface area contributed by atoms with Crippen LogP contribution in [-0.2, 0) is 18.4 Å². The first kappa shape index (κ1) is 28.9. The summed E-state index contributed by atoms with van der Waals surface area (Å²) >= 11 is 0. The molecule has 6 rings (SSSR count). The Morgan fingerprint density at radius 3 is 2.67 bits per heavy atom. The average Bonchev–Trinajstić information content (AvgIpc) is 3.29. The topological polar surface area (TPSA) is 103 Å². The van der Waals surface area contributed by atoms with Gasteiger partial charge in [0.25, 0.3) is 0 Å². The standard InChI is InChI=1S/C31H42N8O2S/c1-33-30(41)39(12-5-15-40)29-27-9-8-25(17-28(27)35(2)34-29)37-21-31(22-37)19-36(20-31)18-23-6-4-7-26(16-23)42(3)38-13-10-24(32)11-14-38/h4,6-9,15-17,24H,3,5,10-14,18-22,32H2,1-2H3,(H,33,41). The van der Waals surface area contributed by atoms with Gasteiger partial charge in [0.2, 0.25) is 0 Å². The molecular formula is C31H42N8O2S. The van der Waals surface area contributed by atoms with E-state index in [9.17, 15) is 9.59 Å². The molecule has 2 amide bonds. The number of nitrogens with zero attached hydrogens (tertiary/aromatic N) is 6. The molecule has 42 heavy (non-hydrogen) atoms. The second-order valence-corrected chi connectivity index (χ2v) is 13.8. The van der Waals surface area contributed by atoms with Crippen molar-refractivity contribution < 1.29 is 9.59 Å². The highest BCUT2D eigenvalue weighted by molar-refractivity contribution is 8.12. The van der Waals surface area contributed by atoms with Crippen LogP contribution in [0.1, 0.15) is 24.8 Å². The average molecular weight is 591 g/mol. The molecule has 224 valence electrons. The van der Waals surface area contributed by atoms with E-state index in [0.29, 0.717) is 17.3 Å². The van der Waals surface area contributed by atoms with Gasteiger partial charge in [-0.2, -0.15) is 5.10 Å². The molecule has 1 atom stereocenters. The first-order valence-corrected chi connectivity index (χ1v) is 16.1. The zero-order valence-electron chi connectivity index (χ0n) is 24.7. The zero-order chi connectivity index (χ0) is 29.4. The number of aryl methyl sites for hydroxylation is 1. The Balaban J connectivity index is 1.06. The van der Waals surface area contributed by atoms with Crippen LogP contribution < -0.4 is 20.9 Å². The number of amides is 2. The predicted molar refractivity (Wildman–Crippen MR) is 171 cm³/mol. The lowest BCUT2D eigenvalue weighted by molar-refractivity contribution is -0.107. The van der Waals surface area contributed by atoms with E-state index < -0.39 is 0 Å². The number of fused-ring (bicyclic) bond motifs is 1. The third-order valence-corrected chi connectivity index (χ3v) is 10.7. The molecule has 3 aromatic rings. The van der Waals surface area contributed by atoms with Crippen LogP contribution in [0.15, 0.2) is 47.4 Å². The predicted octanol–water partition coefficient (Wildman–Crippen LogP) is 3.03. The van der Waals surface area contributed by atoms with Crippen LogP contribution in [0.3, 0.4) is 0 Å². The molecule has 10 nitrogen and oxygen atoms in total. The van der Waals surface area contributed by atoms with Gasteiger partial charge in [-0.25, -0.2) is 4.79 Å². The second-order valence-electron chi connectivity index (χ2n) is 12.1. The van der Waals surface area contributed by atoms with E-state index in [1.54, 1.807) is 7.05 Å². The van der Waals surface area contributed by atoms with Gasteiger partial charge in [-0.15, -0.1) is 0 Å². The molecule has 3 fully saturated rings. The third kappa shape index (κ3) is 5.58. The molecular weight excluding hydrogens is 548 g/mol. The fourth-order valence-corrected chi connectivity index (χ4v) is 8.17. The largest absolute Gasteiger partial charge is 0.370 e. The Kier molecular flexibility index (Phi) is 8.10. The summed E-state index contributed by atoms with van der Waals surface area (Å²) in [4.78, 5) is 31.3. The van der Waals surface area contributed by atoms with Gasteiger partial charge >= 0.3 is 6.03 Å². The lowest BCUT2D eigenvalue weighted by Gasteiger charge is -2.61. The van der Waals surface area contributed by atoms with Crippen LogP contribution in [0.5, 0.6) is 0 Å². The molecule has 0 radical (unpaired) electrons. The van der Waals surface area contributed by atoms with Crippen molar-refractivity contribution in [3.8, 4) is 0 Å². The molecule has 0 aliphatic carbocycles. The molecule has 1 aromatic heterocycles. The lowest BCUT2D eigenvalue weighted by Crippen LogP contribution is -2.71. The van der Waals surface area contributed by atoms with Gasteiger partial charge in [-0.05, 0) is 48.7 Å². The molecule has 0 bridgehead atoms. The van der Waals surface area contributed by atoms with E-state index in [0.717, 1.165) is 75.8 Å². The molecule has 0 saturated carbocycles. The van der Waals surface area contributed by atoms with Crippen LogP contribution in [0.4, 0.5) is 16.3 Å². The molecule has 3 aliphatic rings. The number of aromatic nitrogens is 2. The number of hydrogen-bond donors (Lipinski definition) is 2. The first-order chi connectivity index (χ1) is 20.3. The maximum Gasteiger partial charge on any atom is 0.322 e. The van der Waals surface area contributed by atoms with Gasteiger partial charge in [0, 0.05) is 100 Å². The smallest absolute Gasteiger partial charge is 0.322 e. The highest BCUT2D eigenvalue weighted by Gasteiger charge is 2.51. The number of carbonyl (C=O) groups is 2. The molecule has 3 N–H and O–H groups in total. The fraction of sp³-hybridized carbons (Fsp3) is 0.484. The van der Waals surface area contributed by atoms with Crippen molar-refractivity contribution in [2.75, 3.05) is 62.7 Å². The summed E-state index contributed by atoms with van der Waals surface area (Å²) in [6, 6.07) is 15.4.